The van der Waals surface area contributed by atoms with E-state index in [0.717, 1.165) is 6.54 Å². The maximum atomic E-state index is 5.98. The monoisotopic (exact) mass is 259 g/mol. The van der Waals surface area contributed by atoms with Crippen molar-refractivity contribution in [3.05, 3.63) is 16.5 Å². The van der Waals surface area contributed by atoms with Crippen molar-refractivity contribution in [1.82, 2.24) is 9.97 Å². The van der Waals surface area contributed by atoms with E-state index in [0.29, 0.717) is 16.3 Å². The predicted octanol–water partition coefficient (Wildman–Crippen LogP) is 3.78. The van der Waals surface area contributed by atoms with Crippen molar-refractivity contribution in [1.29, 1.82) is 0 Å². The van der Waals surface area contributed by atoms with Crippen molar-refractivity contribution in [2.75, 3.05) is 11.9 Å². The molecule has 1 aromatic rings. The first-order valence-electron chi connectivity index (χ1n) is 5.51. The quantitative estimate of drug-likeness (QED) is 0.840. The van der Waals surface area contributed by atoms with Gasteiger partial charge in [0.1, 0.15) is 10.8 Å². The molecule has 2 rings (SSSR count). The molecule has 0 atom stereocenters. The minimum Gasteiger partial charge on any atom is -0.368 e. The maximum absolute atomic E-state index is 5.98. The van der Waals surface area contributed by atoms with Gasteiger partial charge in [-0.25, -0.2) is 4.98 Å². The third-order valence-corrected chi connectivity index (χ3v) is 3.67. The first kappa shape index (κ1) is 11.9. The summed E-state index contributed by atoms with van der Waals surface area (Å²) in [6.07, 6.45) is 6.68. The van der Waals surface area contributed by atoms with E-state index in [1.165, 1.54) is 31.9 Å². The van der Waals surface area contributed by atoms with Crippen LogP contribution in [0.2, 0.25) is 10.3 Å². The van der Waals surface area contributed by atoms with Crippen LogP contribution >= 0.6 is 23.2 Å². The van der Waals surface area contributed by atoms with Crippen molar-refractivity contribution in [3.63, 3.8) is 0 Å². The summed E-state index contributed by atoms with van der Waals surface area (Å²) in [6, 6.07) is 0. The smallest absolute Gasteiger partial charge is 0.224 e. The maximum Gasteiger partial charge on any atom is 0.224 e. The van der Waals surface area contributed by atoms with Gasteiger partial charge in [-0.1, -0.05) is 31.4 Å². The van der Waals surface area contributed by atoms with E-state index in [9.17, 15) is 0 Å². The molecule has 3 nitrogen and oxygen atoms in total. The highest BCUT2D eigenvalue weighted by molar-refractivity contribution is 6.33. The number of anilines is 1. The third kappa shape index (κ3) is 2.77. The van der Waals surface area contributed by atoms with Crippen LogP contribution in [0, 0.1) is 5.41 Å². The first-order valence-corrected chi connectivity index (χ1v) is 6.27. The van der Waals surface area contributed by atoms with E-state index >= 15 is 0 Å². The lowest BCUT2D eigenvalue weighted by atomic mass is 9.89. The molecule has 1 heterocycles. The summed E-state index contributed by atoms with van der Waals surface area (Å²) in [5.74, 6) is 0.634. The van der Waals surface area contributed by atoms with Crippen LogP contribution in [0.3, 0.4) is 0 Å². The van der Waals surface area contributed by atoms with Gasteiger partial charge in [0.25, 0.3) is 0 Å². The summed E-state index contributed by atoms with van der Waals surface area (Å²) in [4.78, 5) is 7.89. The Morgan fingerprint density at radius 3 is 2.75 bits per heavy atom. The van der Waals surface area contributed by atoms with Gasteiger partial charge in [0, 0.05) is 6.54 Å². The van der Waals surface area contributed by atoms with Gasteiger partial charge < -0.3 is 5.32 Å². The molecule has 0 amide bonds. The third-order valence-electron chi connectivity index (χ3n) is 3.21. The molecule has 0 aliphatic heterocycles. The van der Waals surface area contributed by atoms with Crippen LogP contribution < -0.4 is 5.32 Å². The summed E-state index contributed by atoms with van der Waals surface area (Å²) >= 11 is 11.7. The second-order valence-electron chi connectivity index (χ2n) is 4.71. The number of hydrogen-bond acceptors (Lipinski definition) is 3. The lowest BCUT2D eigenvalue weighted by molar-refractivity contribution is 0.361. The van der Waals surface area contributed by atoms with Crippen LogP contribution in [0.25, 0.3) is 0 Å². The van der Waals surface area contributed by atoms with E-state index in [2.05, 4.69) is 22.2 Å². The molecule has 5 heteroatoms. The van der Waals surface area contributed by atoms with Crippen LogP contribution in [0.1, 0.15) is 32.6 Å². The summed E-state index contributed by atoms with van der Waals surface area (Å²) in [7, 11) is 0. The highest BCUT2D eigenvalue weighted by atomic mass is 35.5. The summed E-state index contributed by atoms with van der Waals surface area (Å²) in [6.45, 7) is 3.18. The Morgan fingerprint density at radius 2 is 2.06 bits per heavy atom. The zero-order valence-electron chi connectivity index (χ0n) is 9.26. The highest BCUT2D eigenvalue weighted by Crippen LogP contribution is 2.37. The van der Waals surface area contributed by atoms with Gasteiger partial charge >= 0.3 is 0 Å². The molecule has 0 saturated heterocycles. The zero-order valence-corrected chi connectivity index (χ0v) is 10.8. The second kappa shape index (κ2) is 4.76. The Bertz CT molecular complexity index is 375. The Kier molecular flexibility index (Phi) is 3.55. The molecule has 0 radical (unpaired) electrons. The molecule has 1 aromatic heterocycles. The lowest BCUT2D eigenvalue weighted by Crippen LogP contribution is -2.23. The molecule has 1 saturated carbocycles. The zero-order chi connectivity index (χ0) is 11.6. The van der Waals surface area contributed by atoms with E-state index < -0.39 is 0 Å². The van der Waals surface area contributed by atoms with Crippen molar-refractivity contribution in [2.24, 2.45) is 5.41 Å². The topological polar surface area (TPSA) is 37.8 Å². The van der Waals surface area contributed by atoms with Gasteiger partial charge in [-0.3, -0.25) is 0 Å². The van der Waals surface area contributed by atoms with Crippen LogP contribution in [-0.2, 0) is 0 Å². The summed E-state index contributed by atoms with van der Waals surface area (Å²) in [5.41, 5.74) is 0.362. The van der Waals surface area contributed by atoms with Gasteiger partial charge in [0.2, 0.25) is 5.28 Å². The predicted molar refractivity (Wildman–Crippen MR) is 67.1 cm³/mol. The fraction of sp³-hybridized carbons (Fsp3) is 0.636. The lowest BCUT2D eigenvalue weighted by Gasteiger charge is -2.24. The number of hydrogen-bond donors (Lipinski definition) is 1. The minimum atomic E-state index is 0.225. The van der Waals surface area contributed by atoms with Gasteiger partial charge in [0.15, 0.2) is 0 Å². The van der Waals surface area contributed by atoms with Crippen LogP contribution in [-0.4, -0.2) is 16.5 Å². The fourth-order valence-electron chi connectivity index (χ4n) is 2.17. The molecule has 0 unspecified atom stereocenters. The minimum absolute atomic E-state index is 0.225. The number of aromatic nitrogens is 2. The molecule has 1 fully saturated rings. The molecular weight excluding hydrogens is 245 g/mol. The van der Waals surface area contributed by atoms with E-state index in [-0.39, 0.29) is 5.28 Å². The number of nitrogens with zero attached hydrogens (tertiary/aromatic N) is 2. The Balaban J connectivity index is 2.01. The van der Waals surface area contributed by atoms with Gasteiger partial charge in [-0.05, 0) is 29.9 Å². The van der Waals surface area contributed by atoms with E-state index in [1.54, 1.807) is 0 Å². The number of halogens is 2. The molecule has 1 aliphatic carbocycles. The van der Waals surface area contributed by atoms with Crippen molar-refractivity contribution in [3.8, 4) is 0 Å². The summed E-state index contributed by atoms with van der Waals surface area (Å²) in [5, 5.41) is 4.01. The van der Waals surface area contributed by atoms with Crippen LogP contribution in [0.5, 0.6) is 0 Å². The molecular formula is C11H15Cl2N3. The fourth-order valence-corrected chi connectivity index (χ4v) is 2.46. The Hall–Kier alpha value is -0.540. The van der Waals surface area contributed by atoms with Crippen LogP contribution in [0.4, 0.5) is 5.82 Å². The van der Waals surface area contributed by atoms with Gasteiger partial charge in [0.05, 0.1) is 6.20 Å². The molecule has 1 aliphatic rings. The first-order chi connectivity index (χ1) is 7.59. The van der Waals surface area contributed by atoms with Gasteiger partial charge in [-0.2, -0.15) is 4.98 Å². The molecule has 88 valence electrons. The number of nitrogens with one attached hydrogen (secondary N) is 1. The van der Waals surface area contributed by atoms with Crippen molar-refractivity contribution < 1.29 is 0 Å². The average molecular weight is 260 g/mol. The number of rotatable bonds is 3. The van der Waals surface area contributed by atoms with Crippen LogP contribution in [0.15, 0.2) is 6.20 Å². The van der Waals surface area contributed by atoms with Crippen molar-refractivity contribution in [2.45, 2.75) is 32.6 Å². The molecule has 16 heavy (non-hydrogen) atoms. The largest absolute Gasteiger partial charge is 0.368 e. The average Bonchev–Trinajstić information content (AvgIpc) is 2.67. The van der Waals surface area contributed by atoms with E-state index in [1.807, 2.05) is 0 Å². The van der Waals surface area contributed by atoms with E-state index in [4.69, 9.17) is 23.2 Å². The molecule has 1 N–H and O–H groups in total. The van der Waals surface area contributed by atoms with Gasteiger partial charge in [-0.15, -0.1) is 0 Å². The Labute approximate surface area is 106 Å². The standard InChI is InChI=1S/C11H15Cl2N3/c1-11(4-2-3-5-11)7-15-9-8(12)6-14-10(13)16-9/h6H,2-5,7H2,1H3,(H,14,15,16). The summed E-state index contributed by atoms with van der Waals surface area (Å²) < 4.78 is 0. The molecule has 0 bridgehead atoms. The second-order valence-corrected chi connectivity index (χ2v) is 5.45. The normalized spacial score (nSPS) is 18.7. The van der Waals surface area contributed by atoms with Crippen molar-refractivity contribution >= 4 is 29.0 Å². The SMILES string of the molecule is CC1(CNc2nc(Cl)ncc2Cl)CCCC1. The Morgan fingerprint density at radius 1 is 1.38 bits per heavy atom. The molecule has 0 spiro atoms. The highest BCUT2D eigenvalue weighted by Gasteiger charge is 2.28. The molecule has 0 aromatic carbocycles.